The predicted octanol–water partition coefficient (Wildman–Crippen LogP) is 19.0. The standard InChI is InChI=1S/C25H21N3O3S.C25H21N3O2S.C24H18BrN3O2S.C24H18ClN3O2S/c1-31-21-7-2-3-8-22(21)32-23-12-16(9-10-18(23)14-26)19-13-24(29)28(15-19)20-6-4-5-17(11-20)25(27)30;1-16-5-2-3-8-22(16)31-23-12-17(9-10-19(23)14-26)20-13-24(29)28(15-20)21-7-4-6-18(11-21)25(27)30;2*25-20-6-1-2-7-21(20)31-22-11-15(8-9-17(22)13-26)18-12-23(29)28(14-18)19-5-3-4-16(10-19)24(27)30/h2-12,19H,13,15H2,1H3,(H2,27,30);2-12,20H,13,15H2,1H3,(H2,27,30);2*1-11,18H,12,14H2,(H2,27,30)/t19-;20-;2*18-/m0000/s1. The van der Waals surface area contributed by atoms with Crippen molar-refractivity contribution in [2.24, 2.45) is 22.9 Å². The third kappa shape index (κ3) is 21.7. The van der Waals surface area contributed by atoms with Crippen molar-refractivity contribution in [3.63, 3.8) is 0 Å². The zero-order valence-corrected chi connectivity index (χ0v) is 72.9. The summed E-state index contributed by atoms with van der Waals surface area (Å²) >= 11 is 15.8. The summed E-state index contributed by atoms with van der Waals surface area (Å²) in [4.78, 5) is 111. The summed E-state index contributed by atoms with van der Waals surface area (Å²) in [5.41, 5.74) is 33.2. The fraction of sp³-hybridized carbons (Fsp3) is 0.143. The highest BCUT2D eigenvalue weighted by atomic mass is 79.9. The largest absolute Gasteiger partial charge is 0.496 e. The Hall–Kier alpha value is -13.7. The minimum Gasteiger partial charge on any atom is -0.496 e. The van der Waals surface area contributed by atoms with Gasteiger partial charge in [-0.25, -0.2) is 0 Å². The molecule has 0 saturated carbocycles. The summed E-state index contributed by atoms with van der Waals surface area (Å²) in [7, 11) is 1.62. The van der Waals surface area contributed by atoms with E-state index in [0.29, 0.717) is 124 Å². The minimum atomic E-state index is -0.529. The van der Waals surface area contributed by atoms with Gasteiger partial charge in [-0.05, 0) is 214 Å². The quantitative estimate of drug-likeness (QED) is 0.0519. The van der Waals surface area contributed by atoms with E-state index in [9.17, 15) is 59.4 Å². The van der Waals surface area contributed by atoms with Crippen LogP contribution in [0.4, 0.5) is 22.7 Å². The average molecular weight is 1810 g/mol. The van der Waals surface area contributed by atoms with Gasteiger partial charge in [0.2, 0.25) is 47.3 Å². The first-order chi connectivity index (χ1) is 60.4. The summed E-state index contributed by atoms with van der Waals surface area (Å²) in [6.07, 6.45) is 1.45. The number of benzene rings is 12. The van der Waals surface area contributed by atoms with Gasteiger partial charge in [-0.15, -0.1) is 0 Å². The van der Waals surface area contributed by atoms with Gasteiger partial charge in [0.25, 0.3) is 0 Å². The number of carbonyl (C=O) groups excluding carboxylic acids is 8. The molecule has 4 aliphatic heterocycles. The van der Waals surface area contributed by atoms with Crippen LogP contribution in [0.5, 0.6) is 5.75 Å². The van der Waals surface area contributed by atoms with Crippen molar-refractivity contribution >= 4 is 145 Å². The first kappa shape index (κ1) is 89.1. The topological polar surface area (TPSA) is 358 Å². The van der Waals surface area contributed by atoms with Gasteiger partial charge in [0.15, 0.2) is 0 Å². The second-order valence-electron chi connectivity index (χ2n) is 29.4. The molecule has 27 heteroatoms. The van der Waals surface area contributed by atoms with Gasteiger partial charge in [0.1, 0.15) is 30.0 Å². The van der Waals surface area contributed by atoms with Crippen LogP contribution in [0, 0.1) is 52.2 Å². The first-order valence-corrected chi connectivity index (χ1v) is 43.7. The Bertz CT molecular complexity index is 5970. The zero-order chi connectivity index (χ0) is 88.5. The number of ether oxygens (including phenoxy) is 1. The van der Waals surface area contributed by atoms with Crippen molar-refractivity contribution in [3.05, 3.63) is 349 Å². The number of nitrogens with zero attached hydrogens (tertiary/aromatic N) is 8. The highest BCUT2D eigenvalue weighted by Crippen LogP contribution is 2.45. The molecular weight excluding hydrogens is 1730 g/mol. The molecule has 8 N–H and O–H groups in total. The highest BCUT2D eigenvalue weighted by Gasteiger charge is 2.37. The number of nitrogens with two attached hydrogens (primary N) is 4. The maximum absolute atomic E-state index is 12.8. The lowest BCUT2D eigenvalue weighted by atomic mass is 9.97. The molecule has 4 atom stereocenters. The van der Waals surface area contributed by atoms with Crippen molar-refractivity contribution in [1.29, 1.82) is 21.0 Å². The van der Waals surface area contributed by atoms with Crippen molar-refractivity contribution in [1.82, 2.24) is 0 Å². The van der Waals surface area contributed by atoms with E-state index in [-0.39, 0.29) is 47.3 Å². The maximum atomic E-state index is 12.8. The molecule has 4 saturated heterocycles. The van der Waals surface area contributed by atoms with Crippen LogP contribution in [0.3, 0.4) is 0 Å². The van der Waals surface area contributed by atoms with Crippen molar-refractivity contribution in [2.45, 2.75) is 95.4 Å². The number of nitriles is 4. The number of amides is 8. The number of hydrogen-bond donors (Lipinski definition) is 4. The second-order valence-corrected chi connectivity index (χ2v) is 35.0. The smallest absolute Gasteiger partial charge is 0.248 e. The van der Waals surface area contributed by atoms with Crippen LogP contribution in [0.1, 0.15) is 141 Å². The Labute approximate surface area is 753 Å². The van der Waals surface area contributed by atoms with E-state index in [0.717, 1.165) is 77.2 Å². The fourth-order valence-corrected chi connectivity index (χ4v) is 19.6. The van der Waals surface area contributed by atoms with E-state index in [1.54, 1.807) is 142 Å². The van der Waals surface area contributed by atoms with Crippen LogP contribution in [0.15, 0.2) is 311 Å². The molecule has 16 rings (SSSR count). The van der Waals surface area contributed by atoms with Crippen LogP contribution >= 0.6 is 74.6 Å². The molecule has 0 radical (unpaired) electrons. The fourth-order valence-electron chi connectivity index (χ4n) is 14.8. The Morgan fingerprint density at radius 1 is 0.352 bits per heavy atom. The number of methoxy groups -OCH3 is 1. The van der Waals surface area contributed by atoms with Gasteiger partial charge in [0, 0.05) is 159 Å². The Balaban J connectivity index is 0.000000143. The third-order valence-corrected chi connectivity index (χ3v) is 27.4. The first-order valence-electron chi connectivity index (χ1n) is 39.2. The molecule has 12 aromatic rings. The lowest BCUT2D eigenvalue weighted by Gasteiger charge is -2.18. The molecular formula is C98H78BrClN12O9S4. The summed E-state index contributed by atoms with van der Waals surface area (Å²) in [5, 5.41) is 38.9. The summed E-state index contributed by atoms with van der Waals surface area (Å²) in [5.74, 6) is -1.43. The minimum absolute atomic E-state index is 0.00367. The van der Waals surface area contributed by atoms with Crippen LogP contribution < -0.4 is 47.3 Å². The second kappa shape index (κ2) is 41.0. The van der Waals surface area contributed by atoms with E-state index >= 15 is 0 Å². The molecule has 4 aliphatic rings. The molecule has 4 heterocycles. The lowest BCUT2D eigenvalue weighted by Crippen LogP contribution is -2.24. The number of rotatable bonds is 21. The van der Waals surface area contributed by atoms with E-state index in [4.69, 9.17) is 39.3 Å². The van der Waals surface area contributed by atoms with Gasteiger partial charge in [-0.2, -0.15) is 21.0 Å². The highest BCUT2D eigenvalue weighted by molar-refractivity contribution is 9.10. The Kier molecular flexibility index (Phi) is 29.2. The third-order valence-electron chi connectivity index (χ3n) is 21.4. The molecule has 125 heavy (non-hydrogen) atoms. The normalized spacial score (nSPS) is 15.6. The summed E-state index contributed by atoms with van der Waals surface area (Å²) < 4.78 is 6.40. The summed E-state index contributed by atoms with van der Waals surface area (Å²) in [6, 6.07) is 90.2. The summed E-state index contributed by atoms with van der Waals surface area (Å²) in [6.45, 7) is 4.05. The Morgan fingerprint density at radius 3 is 0.944 bits per heavy atom. The molecule has 0 bridgehead atoms. The average Bonchev–Trinajstić information content (AvgIpc) is 1.62. The SMILES string of the molecule is COc1ccccc1Sc1cc([C@H]2CC(=O)N(c3cccc(C(N)=O)c3)C2)ccc1C#N.Cc1ccccc1Sc1cc([C@H]2CC(=O)N(c3cccc(C(N)=O)c3)C2)ccc1C#N.N#Cc1ccc([C@H]2CC(=O)N(c3cccc(C(N)=O)c3)C2)cc1Sc1ccccc1Br.N#Cc1ccc([C@H]2CC(=O)N(c3cccc(C(N)=O)c3)C2)cc1Sc1ccccc1Cl. The van der Waals surface area contributed by atoms with Crippen LogP contribution in [0.2, 0.25) is 5.02 Å². The van der Waals surface area contributed by atoms with Crippen LogP contribution in [-0.2, 0) is 19.2 Å². The van der Waals surface area contributed by atoms with Crippen molar-refractivity contribution < 1.29 is 43.1 Å². The number of para-hydroxylation sites is 1. The number of carbonyl (C=O) groups is 8. The van der Waals surface area contributed by atoms with Crippen LogP contribution in [-0.4, -0.2) is 80.5 Å². The molecule has 4 fully saturated rings. The number of anilines is 4. The molecule has 12 aromatic carbocycles. The van der Waals surface area contributed by atoms with E-state index in [1.807, 2.05) is 171 Å². The molecule has 0 aliphatic carbocycles. The predicted molar refractivity (Wildman–Crippen MR) is 490 cm³/mol. The molecule has 21 nitrogen and oxygen atoms in total. The molecule has 8 amide bonds. The van der Waals surface area contributed by atoms with E-state index in [1.165, 1.54) is 35.3 Å². The number of hydrogen-bond acceptors (Lipinski definition) is 17. The van der Waals surface area contributed by atoms with Gasteiger partial charge in [0.05, 0.1) is 39.3 Å². The number of halogens is 2. The maximum Gasteiger partial charge on any atom is 0.248 e. The van der Waals surface area contributed by atoms with Crippen molar-refractivity contribution in [3.8, 4) is 30.0 Å². The van der Waals surface area contributed by atoms with E-state index < -0.39 is 23.6 Å². The molecule has 0 spiro atoms. The zero-order valence-electron chi connectivity index (χ0n) is 67.3. The number of primary amides is 4. The lowest BCUT2D eigenvalue weighted by molar-refractivity contribution is -0.118. The van der Waals surface area contributed by atoms with Crippen molar-refractivity contribution in [2.75, 3.05) is 52.9 Å². The van der Waals surface area contributed by atoms with Gasteiger partial charge in [-0.3, -0.25) is 38.4 Å². The number of aryl methyl sites for hydroxylation is 1. The van der Waals surface area contributed by atoms with Gasteiger partial charge in [-0.1, -0.05) is 162 Å². The van der Waals surface area contributed by atoms with Crippen LogP contribution in [0.25, 0.3) is 0 Å². The molecule has 0 unspecified atom stereocenters. The van der Waals surface area contributed by atoms with E-state index in [2.05, 4.69) is 40.2 Å². The molecule has 0 aromatic heterocycles. The molecule has 622 valence electrons. The van der Waals surface area contributed by atoms with Gasteiger partial charge < -0.3 is 47.3 Å². The Morgan fingerprint density at radius 2 is 0.632 bits per heavy atom. The monoisotopic (exact) mass is 1810 g/mol. The van der Waals surface area contributed by atoms with Gasteiger partial charge >= 0.3 is 0 Å².